The maximum Gasteiger partial charge on any atom is 0.277 e. The van der Waals surface area contributed by atoms with Gasteiger partial charge in [-0.2, -0.15) is 0 Å². The summed E-state index contributed by atoms with van der Waals surface area (Å²) in [5, 5.41) is 3.27. The summed E-state index contributed by atoms with van der Waals surface area (Å²) in [5.74, 6) is -0.0282. The molecule has 2 rings (SSSR count). The van der Waals surface area contributed by atoms with Crippen LogP contribution in [-0.4, -0.2) is 44.4 Å². The third-order valence-corrected chi connectivity index (χ3v) is 4.37. The smallest absolute Gasteiger partial charge is 0.277 e. The van der Waals surface area contributed by atoms with Crippen molar-refractivity contribution >= 4 is 23.4 Å². The maximum atomic E-state index is 12.4. The molecular weight excluding hydrogens is 350 g/mol. The van der Waals surface area contributed by atoms with Crippen LogP contribution in [0.25, 0.3) is 0 Å². The van der Waals surface area contributed by atoms with E-state index in [1.165, 1.54) is 0 Å². The van der Waals surface area contributed by atoms with Gasteiger partial charge in [-0.25, -0.2) is 0 Å². The number of halogens is 1. The highest BCUT2D eigenvalue weighted by molar-refractivity contribution is 6.30. The molecule has 0 saturated heterocycles. The normalized spacial score (nSPS) is 11.7. The van der Waals surface area contributed by atoms with Gasteiger partial charge in [0.15, 0.2) is 6.54 Å². The van der Waals surface area contributed by atoms with E-state index in [-0.39, 0.29) is 11.8 Å². The number of hydrogen-bond donors (Lipinski definition) is 2. The monoisotopic (exact) mass is 374 g/mol. The molecule has 1 unspecified atom stereocenters. The first-order valence-corrected chi connectivity index (χ1v) is 8.87. The molecule has 0 spiro atoms. The summed E-state index contributed by atoms with van der Waals surface area (Å²) in [6.45, 7) is 1.65. The van der Waals surface area contributed by atoms with Gasteiger partial charge in [0.2, 0.25) is 0 Å². The molecule has 2 aromatic carbocycles. The van der Waals surface area contributed by atoms with E-state index in [2.05, 4.69) is 5.32 Å². The summed E-state index contributed by atoms with van der Waals surface area (Å²) >= 11 is 5.99. The van der Waals surface area contributed by atoms with Crippen molar-refractivity contribution in [3.63, 3.8) is 0 Å². The molecule has 0 radical (unpaired) electrons. The lowest BCUT2D eigenvalue weighted by atomic mass is 10.1. The second-order valence-corrected chi connectivity index (χ2v) is 6.90. The lowest BCUT2D eigenvalue weighted by Gasteiger charge is -2.20. The van der Waals surface area contributed by atoms with Crippen molar-refractivity contribution in [3.8, 4) is 0 Å². The third kappa shape index (κ3) is 5.86. The van der Waals surface area contributed by atoms with Crippen molar-refractivity contribution in [2.45, 2.75) is 13.1 Å². The highest BCUT2D eigenvalue weighted by atomic mass is 35.5. The Kier molecular flexibility index (Phi) is 7.18. The fraction of sp³-hybridized carbons (Fsp3) is 0.300. The Balaban J connectivity index is 1.87. The molecule has 2 N–H and O–H groups in total. The van der Waals surface area contributed by atoms with Crippen LogP contribution in [-0.2, 0) is 17.9 Å². The molecule has 0 aliphatic carbocycles. The largest absolute Gasteiger partial charge is 0.355 e. The van der Waals surface area contributed by atoms with Crippen LogP contribution in [0.5, 0.6) is 0 Å². The number of likely N-dealkylation sites (N-methyl/N-ethyl adjacent to an activating group) is 2. The van der Waals surface area contributed by atoms with Crippen LogP contribution < -0.4 is 10.2 Å². The van der Waals surface area contributed by atoms with Gasteiger partial charge in [-0.1, -0.05) is 35.9 Å². The number of quaternary nitrogens is 1. The summed E-state index contributed by atoms with van der Waals surface area (Å²) in [6, 6.07) is 15.0. The first-order valence-electron chi connectivity index (χ1n) is 8.49. The van der Waals surface area contributed by atoms with Crippen molar-refractivity contribution < 1.29 is 14.5 Å². The van der Waals surface area contributed by atoms with E-state index >= 15 is 0 Å². The fourth-order valence-corrected chi connectivity index (χ4v) is 2.93. The maximum absolute atomic E-state index is 12.4. The molecule has 1 atom stereocenters. The zero-order valence-corrected chi connectivity index (χ0v) is 16.1. The molecule has 0 fully saturated rings. The molecule has 26 heavy (non-hydrogen) atoms. The SMILES string of the molecule is CNC(=O)c1ccc(C[NH+](C)CC(=O)N(C)Cc2cccc(Cl)c2)cc1. The summed E-state index contributed by atoms with van der Waals surface area (Å²) in [7, 11) is 5.39. The van der Waals surface area contributed by atoms with E-state index < -0.39 is 0 Å². The van der Waals surface area contributed by atoms with Gasteiger partial charge >= 0.3 is 0 Å². The van der Waals surface area contributed by atoms with Crippen LogP contribution in [0.15, 0.2) is 48.5 Å². The Morgan fingerprint density at radius 1 is 1.12 bits per heavy atom. The number of amides is 2. The van der Waals surface area contributed by atoms with E-state index in [9.17, 15) is 9.59 Å². The standard InChI is InChI=1S/C20H24ClN3O2/c1-22-20(26)17-9-7-15(8-10-17)12-23(2)14-19(25)24(3)13-16-5-4-6-18(21)11-16/h4-11H,12-14H2,1-3H3,(H,22,26)/p+1. The topological polar surface area (TPSA) is 53.9 Å². The minimum Gasteiger partial charge on any atom is -0.355 e. The Morgan fingerprint density at radius 3 is 2.42 bits per heavy atom. The van der Waals surface area contributed by atoms with E-state index in [0.717, 1.165) is 16.0 Å². The molecule has 0 aliphatic heterocycles. The van der Waals surface area contributed by atoms with Gasteiger partial charge < -0.3 is 15.1 Å². The van der Waals surface area contributed by atoms with Gasteiger partial charge in [0.25, 0.3) is 11.8 Å². The molecule has 0 bridgehead atoms. The number of nitrogens with zero attached hydrogens (tertiary/aromatic N) is 1. The zero-order valence-electron chi connectivity index (χ0n) is 15.4. The third-order valence-electron chi connectivity index (χ3n) is 4.14. The first-order chi connectivity index (χ1) is 12.4. The number of benzene rings is 2. The summed E-state index contributed by atoms with van der Waals surface area (Å²) in [4.78, 5) is 26.8. The van der Waals surface area contributed by atoms with Gasteiger partial charge in [0.1, 0.15) is 6.54 Å². The highest BCUT2D eigenvalue weighted by Crippen LogP contribution is 2.12. The van der Waals surface area contributed by atoms with Gasteiger partial charge in [0, 0.05) is 36.8 Å². The Hall–Kier alpha value is -2.37. The second kappa shape index (κ2) is 9.36. The molecule has 0 saturated carbocycles. The average molecular weight is 375 g/mol. The Labute approximate surface area is 159 Å². The number of carbonyl (C=O) groups is 2. The summed E-state index contributed by atoms with van der Waals surface area (Å²) in [6.07, 6.45) is 0. The fourth-order valence-electron chi connectivity index (χ4n) is 2.72. The van der Waals surface area contributed by atoms with E-state index in [1.807, 2.05) is 43.4 Å². The molecule has 2 aromatic rings. The van der Waals surface area contributed by atoms with Crippen molar-refractivity contribution in [2.24, 2.45) is 0 Å². The Morgan fingerprint density at radius 2 is 1.81 bits per heavy atom. The number of nitrogens with one attached hydrogen (secondary N) is 2. The molecule has 138 valence electrons. The van der Waals surface area contributed by atoms with Crippen molar-refractivity contribution in [3.05, 3.63) is 70.2 Å². The Bertz CT molecular complexity index is 762. The molecule has 0 aromatic heterocycles. The minimum absolute atomic E-state index is 0.0736. The van der Waals surface area contributed by atoms with Crippen LogP contribution in [0.2, 0.25) is 5.02 Å². The molecule has 5 nitrogen and oxygen atoms in total. The van der Waals surface area contributed by atoms with Gasteiger partial charge in [-0.05, 0) is 29.8 Å². The lowest BCUT2D eigenvalue weighted by Crippen LogP contribution is -3.08. The van der Waals surface area contributed by atoms with Crippen LogP contribution in [0.3, 0.4) is 0 Å². The molecule has 2 amide bonds. The minimum atomic E-state index is -0.102. The van der Waals surface area contributed by atoms with Crippen LogP contribution in [0.1, 0.15) is 21.5 Å². The number of rotatable bonds is 7. The molecule has 0 aliphatic rings. The van der Waals surface area contributed by atoms with E-state index in [0.29, 0.717) is 30.2 Å². The van der Waals surface area contributed by atoms with Crippen LogP contribution in [0.4, 0.5) is 0 Å². The average Bonchev–Trinajstić information content (AvgIpc) is 2.61. The molecular formula is C20H25ClN3O2+. The number of carbonyl (C=O) groups excluding carboxylic acids is 2. The lowest BCUT2D eigenvalue weighted by molar-refractivity contribution is -0.885. The van der Waals surface area contributed by atoms with Gasteiger partial charge in [-0.15, -0.1) is 0 Å². The van der Waals surface area contributed by atoms with Crippen molar-refractivity contribution in [1.82, 2.24) is 10.2 Å². The zero-order chi connectivity index (χ0) is 19.1. The molecule has 0 heterocycles. The first kappa shape index (κ1) is 19.9. The van der Waals surface area contributed by atoms with Crippen LogP contribution in [0, 0.1) is 0 Å². The quantitative estimate of drug-likeness (QED) is 0.769. The predicted octanol–water partition coefficient (Wildman–Crippen LogP) is 1.37. The highest BCUT2D eigenvalue weighted by Gasteiger charge is 2.15. The number of hydrogen-bond acceptors (Lipinski definition) is 2. The van der Waals surface area contributed by atoms with Gasteiger partial charge in [0.05, 0.1) is 7.05 Å². The van der Waals surface area contributed by atoms with Crippen molar-refractivity contribution in [1.29, 1.82) is 0 Å². The second-order valence-electron chi connectivity index (χ2n) is 6.47. The summed E-state index contributed by atoms with van der Waals surface area (Å²) in [5.41, 5.74) is 2.72. The van der Waals surface area contributed by atoms with E-state index in [1.54, 1.807) is 31.1 Å². The van der Waals surface area contributed by atoms with E-state index in [4.69, 9.17) is 11.6 Å². The van der Waals surface area contributed by atoms with Crippen LogP contribution >= 0.6 is 11.6 Å². The van der Waals surface area contributed by atoms with Gasteiger partial charge in [-0.3, -0.25) is 9.59 Å². The predicted molar refractivity (Wildman–Crippen MR) is 103 cm³/mol. The van der Waals surface area contributed by atoms with Crippen molar-refractivity contribution in [2.75, 3.05) is 27.7 Å². The summed E-state index contributed by atoms with van der Waals surface area (Å²) < 4.78 is 0. The molecule has 6 heteroatoms.